The van der Waals surface area contributed by atoms with Gasteiger partial charge in [-0.2, -0.15) is 0 Å². The number of rotatable bonds is 7. The minimum Gasteiger partial charge on any atom is -0.330 e. The van der Waals surface area contributed by atoms with Crippen LogP contribution in [0.1, 0.15) is 52.4 Å². The normalized spacial score (nSPS) is 21.6. The summed E-state index contributed by atoms with van der Waals surface area (Å²) >= 11 is 0. The van der Waals surface area contributed by atoms with E-state index in [1.807, 2.05) is 0 Å². The fourth-order valence-electron chi connectivity index (χ4n) is 2.18. The van der Waals surface area contributed by atoms with Crippen molar-refractivity contribution in [2.45, 2.75) is 57.9 Å². The highest BCUT2D eigenvalue weighted by Gasteiger charge is 2.33. The van der Waals surface area contributed by atoms with Crippen molar-refractivity contribution in [3.63, 3.8) is 0 Å². The van der Waals surface area contributed by atoms with Crippen molar-refractivity contribution >= 4 is 0 Å². The van der Waals surface area contributed by atoms with Crippen molar-refractivity contribution < 1.29 is 0 Å². The van der Waals surface area contributed by atoms with Crippen molar-refractivity contribution in [2.75, 3.05) is 13.1 Å². The molecule has 14 heavy (non-hydrogen) atoms. The quantitative estimate of drug-likeness (QED) is 0.616. The Bertz CT molecular complexity index is 147. The summed E-state index contributed by atoms with van der Waals surface area (Å²) in [6.45, 7) is 6.55. The van der Waals surface area contributed by atoms with Gasteiger partial charge >= 0.3 is 0 Å². The van der Waals surface area contributed by atoms with Gasteiger partial charge in [-0.15, -0.1) is 0 Å². The van der Waals surface area contributed by atoms with E-state index < -0.39 is 0 Å². The van der Waals surface area contributed by atoms with E-state index in [0.717, 1.165) is 6.54 Å². The Morgan fingerprint density at radius 3 is 2.57 bits per heavy atom. The van der Waals surface area contributed by atoms with Crippen LogP contribution in [0.2, 0.25) is 0 Å². The molecule has 0 aliphatic heterocycles. The van der Waals surface area contributed by atoms with Crippen LogP contribution in [0.4, 0.5) is 0 Å². The molecule has 1 aliphatic carbocycles. The highest BCUT2D eigenvalue weighted by atomic mass is 15.0. The second-order valence-electron chi connectivity index (χ2n) is 4.90. The lowest BCUT2D eigenvalue weighted by molar-refractivity contribution is 0.176. The van der Waals surface area contributed by atoms with E-state index >= 15 is 0 Å². The van der Waals surface area contributed by atoms with Gasteiger partial charge < -0.3 is 11.1 Å². The first-order valence-electron chi connectivity index (χ1n) is 6.17. The predicted molar refractivity (Wildman–Crippen MR) is 62.3 cm³/mol. The van der Waals surface area contributed by atoms with Crippen LogP contribution in [-0.4, -0.2) is 18.6 Å². The van der Waals surface area contributed by atoms with Gasteiger partial charge in [0.1, 0.15) is 0 Å². The molecule has 0 spiro atoms. The van der Waals surface area contributed by atoms with Crippen LogP contribution in [0.15, 0.2) is 0 Å². The van der Waals surface area contributed by atoms with Crippen molar-refractivity contribution in [3.05, 3.63) is 0 Å². The maximum Gasteiger partial charge on any atom is 0.0178 e. The first-order valence-corrected chi connectivity index (χ1v) is 6.17. The second-order valence-corrected chi connectivity index (χ2v) is 4.90. The van der Waals surface area contributed by atoms with Gasteiger partial charge in [-0.25, -0.2) is 0 Å². The lowest BCUT2D eigenvalue weighted by Crippen LogP contribution is -2.50. The number of nitrogens with two attached hydrogens (primary N) is 1. The fourth-order valence-corrected chi connectivity index (χ4v) is 2.18. The van der Waals surface area contributed by atoms with E-state index in [0.29, 0.717) is 11.5 Å². The molecular formula is C12H26N2. The van der Waals surface area contributed by atoms with Crippen LogP contribution in [-0.2, 0) is 0 Å². The van der Waals surface area contributed by atoms with Crippen LogP contribution < -0.4 is 11.1 Å². The Morgan fingerprint density at radius 1 is 1.43 bits per heavy atom. The maximum absolute atomic E-state index is 5.58. The zero-order chi connectivity index (χ0) is 10.4. The Hall–Kier alpha value is -0.0800. The lowest BCUT2D eigenvalue weighted by atomic mass is 9.75. The molecule has 1 atom stereocenters. The average molecular weight is 198 g/mol. The maximum atomic E-state index is 5.58. The molecule has 0 amide bonds. The summed E-state index contributed by atoms with van der Waals surface area (Å²) in [7, 11) is 0. The molecule has 0 bridgehead atoms. The first-order chi connectivity index (χ1) is 6.72. The molecule has 0 radical (unpaired) electrons. The number of nitrogens with one attached hydrogen (secondary N) is 1. The number of hydrogen-bond acceptors (Lipinski definition) is 2. The monoisotopic (exact) mass is 198 g/mol. The molecule has 1 unspecified atom stereocenters. The molecule has 1 fully saturated rings. The van der Waals surface area contributed by atoms with E-state index in [-0.39, 0.29) is 0 Å². The summed E-state index contributed by atoms with van der Waals surface area (Å²) in [5, 5.41) is 3.72. The molecule has 3 N–H and O–H groups in total. The van der Waals surface area contributed by atoms with E-state index in [1.54, 1.807) is 0 Å². The van der Waals surface area contributed by atoms with E-state index in [2.05, 4.69) is 19.2 Å². The third kappa shape index (κ3) is 3.25. The lowest BCUT2D eigenvalue weighted by Gasteiger charge is -2.42. The minimum absolute atomic E-state index is 0.520. The molecule has 0 heterocycles. The summed E-state index contributed by atoms with van der Waals surface area (Å²) in [6.07, 6.45) is 8.02. The molecule has 0 aromatic rings. The van der Waals surface area contributed by atoms with Crippen molar-refractivity contribution in [2.24, 2.45) is 11.7 Å². The third-order valence-corrected chi connectivity index (χ3v) is 3.76. The molecule has 1 rings (SSSR count). The van der Waals surface area contributed by atoms with Crippen molar-refractivity contribution in [3.8, 4) is 0 Å². The highest BCUT2D eigenvalue weighted by Crippen LogP contribution is 2.34. The van der Waals surface area contributed by atoms with E-state index in [1.165, 1.54) is 45.1 Å². The van der Waals surface area contributed by atoms with Crippen LogP contribution in [0, 0.1) is 5.92 Å². The molecule has 1 aliphatic rings. The molecule has 1 saturated carbocycles. The Morgan fingerprint density at radius 2 is 2.14 bits per heavy atom. The Kier molecular flexibility index (Phi) is 4.90. The standard InChI is InChI=1S/C12H26N2/c1-3-12(7-5-8-12)14-9-4-6-11(2)10-13/h11,14H,3-10,13H2,1-2H3. The highest BCUT2D eigenvalue weighted by molar-refractivity contribution is 4.94. The Labute approximate surface area is 88.6 Å². The second kappa shape index (κ2) is 5.72. The van der Waals surface area contributed by atoms with Gasteiger partial charge in [-0.3, -0.25) is 0 Å². The number of hydrogen-bond donors (Lipinski definition) is 2. The van der Waals surface area contributed by atoms with Crippen LogP contribution in [0.3, 0.4) is 0 Å². The van der Waals surface area contributed by atoms with E-state index in [9.17, 15) is 0 Å². The summed E-state index contributed by atoms with van der Waals surface area (Å²) in [5.74, 6) is 0.691. The van der Waals surface area contributed by atoms with Crippen LogP contribution >= 0.6 is 0 Å². The van der Waals surface area contributed by atoms with E-state index in [4.69, 9.17) is 5.73 Å². The van der Waals surface area contributed by atoms with Gasteiger partial charge in [0.2, 0.25) is 0 Å². The topological polar surface area (TPSA) is 38.0 Å². The minimum atomic E-state index is 0.520. The van der Waals surface area contributed by atoms with Crippen molar-refractivity contribution in [1.29, 1.82) is 0 Å². The molecule has 84 valence electrons. The zero-order valence-electron chi connectivity index (χ0n) is 9.81. The first kappa shape index (κ1) is 12.0. The van der Waals surface area contributed by atoms with Gasteiger partial charge in [-0.1, -0.05) is 13.8 Å². The van der Waals surface area contributed by atoms with Gasteiger partial charge in [-0.05, 0) is 57.5 Å². The summed E-state index contributed by atoms with van der Waals surface area (Å²) in [5.41, 5.74) is 6.10. The van der Waals surface area contributed by atoms with Crippen molar-refractivity contribution in [1.82, 2.24) is 5.32 Å². The molecule has 0 aromatic carbocycles. The van der Waals surface area contributed by atoms with Gasteiger partial charge in [0, 0.05) is 5.54 Å². The van der Waals surface area contributed by atoms with Crippen LogP contribution in [0.25, 0.3) is 0 Å². The van der Waals surface area contributed by atoms with Crippen LogP contribution in [0.5, 0.6) is 0 Å². The zero-order valence-corrected chi connectivity index (χ0v) is 9.81. The molecule has 0 saturated heterocycles. The average Bonchev–Trinajstić information content (AvgIpc) is 2.15. The SMILES string of the molecule is CCC1(NCCCC(C)CN)CCC1. The Balaban J connectivity index is 2.03. The summed E-state index contributed by atoms with van der Waals surface area (Å²) in [4.78, 5) is 0. The third-order valence-electron chi connectivity index (χ3n) is 3.76. The fraction of sp³-hybridized carbons (Fsp3) is 1.00. The van der Waals surface area contributed by atoms with Gasteiger partial charge in [0.05, 0.1) is 0 Å². The van der Waals surface area contributed by atoms with Gasteiger partial charge in [0.15, 0.2) is 0 Å². The largest absolute Gasteiger partial charge is 0.330 e. The predicted octanol–water partition coefficient (Wildman–Crippen LogP) is 2.28. The summed E-state index contributed by atoms with van der Waals surface area (Å²) < 4.78 is 0. The molecule has 0 aromatic heterocycles. The molecular weight excluding hydrogens is 172 g/mol. The molecule has 2 heteroatoms. The van der Waals surface area contributed by atoms with Gasteiger partial charge in [0.25, 0.3) is 0 Å². The smallest absolute Gasteiger partial charge is 0.0178 e. The molecule has 2 nitrogen and oxygen atoms in total. The summed E-state index contributed by atoms with van der Waals surface area (Å²) in [6, 6.07) is 0.